The maximum atomic E-state index is 10.7. The zero-order valence-corrected chi connectivity index (χ0v) is 19.8. The number of carbonyl (C=O) groups excluding carboxylic acids is 5. The van der Waals surface area contributed by atoms with Crippen LogP contribution in [0.2, 0.25) is 0 Å². The van der Waals surface area contributed by atoms with Crippen LogP contribution in [0.4, 0.5) is 4.79 Å². The number of carbonyl (C=O) groups is 5. The number of hydrogen-bond donors (Lipinski definition) is 0. The molecule has 0 unspecified atom stereocenters. The van der Waals surface area contributed by atoms with Gasteiger partial charge in [0.2, 0.25) is 0 Å². The molecule has 0 rings (SSSR count). The summed E-state index contributed by atoms with van der Waals surface area (Å²) in [6, 6.07) is 0. The van der Waals surface area contributed by atoms with E-state index in [-0.39, 0.29) is 44.6 Å². The van der Waals surface area contributed by atoms with E-state index in [4.69, 9.17) is 0 Å². The van der Waals surface area contributed by atoms with Crippen molar-refractivity contribution in [1.29, 1.82) is 0 Å². The zero-order valence-electron chi connectivity index (χ0n) is 19.8. The van der Waals surface area contributed by atoms with Crippen LogP contribution in [0, 0.1) is 0 Å². The standard InChI is InChI=1S/C8H14O4.C7H12O4.C5H10O4/c1-3-7(9)4-5-12-8(10)6-11-2;1-3-11-7(9)4-6(8)5-10-2;1-3-8-5(6)9-4-7-2/h3-6H2,1-2H3;3-5H2,1-2H3;3-4H2,1-2H3. The number of ether oxygens (including phenoxy) is 7. The smallest absolute Gasteiger partial charge is 0.466 e. The third-order valence-electron chi connectivity index (χ3n) is 2.81. The van der Waals surface area contributed by atoms with Crippen LogP contribution >= 0.6 is 0 Å². The van der Waals surface area contributed by atoms with E-state index in [2.05, 4.69) is 33.2 Å². The van der Waals surface area contributed by atoms with Gasteiger partial charge in [-0.2, -0.15) is 0 Å². The molecule has 0 aliphatic heterocycles. The van der Waals surface area contributed by atoms with Crippen molar-refractivity contribution in [2.24, 2.45) is 0 Å². The van der Waals surface area contributed by atoms with Crippen LogP contribution in [0.25, 0.3) is 0 Å². The van der Waals surface area contributed by atoms with Gasteiger partial charge in [0.25, 0.3) is 0 Å². The fourth-order valence-electron chi connectivity index (χ4n) is 1.47. The first kappa shape index (κ1) is 34.1. The molecule has 0 aromatic rings. The molecule has 12 heteroatoms. The topological polar surface area (TPSA) is 150 Å². The van der Waals surface area contributed by atoms with E-state index in [1.165, 1.54) is 21.3 Å². The lowest BCUT2D eigenvalue weighted by Crippen LogP contribution is -2.14. The summed E-state index contributed by atoms with van der Waals surface area (Å²) in [5, 5.41) is 0. The van der Waals surface area contributed by atoms with Gasteiger partial charge in [-0.1, -0.05) is 6.92 Å². The second-order valence-electron chi connectivity index (χ2n) is 5.48. The highest BCUT2D eigenvalue weighted by molar-refractivity contribution is 5.96. The van der Waals surface area contributed by atoms with Crippen molar-refractivity contribution in [2.75, 3.05) is 61.2 Å². The molecule has 0 radical (unpaired) electrons. The SMILES string of the molecule is CCC(=O)CCOC(=O)COC.CCOC(=O)CC(=O)COC.CCOC(=O)OCOC. The Bertz CT molecular complexity index is 503. The van der Waals surface area contributed by atoms with Crippen molar-refractivity contribution in [3.63, 3.8) is 0 Å². The Morgan fingerprint density at radius 1 is 0.625 bits per heavy atom. The average Bonchev–Trinajstić information content (AvgIpc) is 2.73. The van der Waals surface area contributed by atoms with Crippen LogP contribution in [-0.4, -0.2) is 90.8 Å². The van der Waals surface area contributed by atoms with Gasteiger partial charge in [-0.3, -0.25) is 14.4 Å². The van der Waals surface area contributed by atoms with Gasteiger partial charge in [-0.05, 0) is 13.8 Å². The number of esters is 2. The Kier molecular flexibility index (Phi) is 28.2. The number of Topliss-reactive ketones (excluding diaryl/α,β-unsaturated/α-hetero) is 2. The van der Waals surface area contributed by atoms with Gasteiger partial charge in [0.05, 0.1) is 19.8 Å². The third kappa shape index (κ3) is 29.6. The highest BCUT2D eigenvalue weighted by Crippen LogP contribution is 1.90. The fraction of sp³-hybridized carbons (Fsp3) is 0.750. The van der Waals surface area contributed by atoms with Crippen LogP contribution < -0.4 is 0 Å². The summed E-state index contributed by atoms with van der Waals surface area (Å²) >= 11 is 0. The Balaban J connectivity index is -0.000000398. The predicted octanol–water partition coefficient (Wildman–Crippen LogP) is 1.46. The molecular formula is C20H36O12. The summed E-state index contributed by atoms with van der Waals surface area (Å²) in [7, 11) is 4.25. The van der Waals surface area contributed by atoms with Gasteiger partial charge in [0.15, 0.2) is 12.6 Å². The highest BCUT2D eigenvalue weighted by atomic mass is 16.8. The Morgan fingerprint density at radius 2 is 1.22 bits per heavy atom. The van der Waals surface area contributed by atoms with E-state index in [9.17, 15) is 24.0 Å². The molecule has 0 N–H and O–H groups in total. The monoisotopic (exact) mass is 468 g/mol. The first-order chi connectivity index (χ1) is 15.2. The van der Waals surface area contributed by atoms with Crippen LogP contribution in [0.3, 0.4) is 0 Å². The summed E-state index contributed by atoms with van der Waals surface area (Å²) < 4.78 is 31.5. The largest absolute Gasteiger partial charge is 0.510 e. The Hall–Kier alpha value is -2.57. The maximum Gasteiger partial charge on any atom is 0.510 e. The molecule has 188 valence electrons. The van der Waals surface area contributed by atoms with E-state index in [1.54, 1.807) is 20.8 Å². The van der Waals surface area contributed by atoms with E-state index >= 15 is 0 Å². The van der Waals surface area contributed by atoms with E-state index < -0.39 is 18.1 Å². The summed E-state index contributed by atoms with van der Waals surface area (Å²) in [4.78, 5) is 53.0. The normalized spacial score (nSPS) is 9.19. The molecule has 0 aliphatic carbocycles. The van der Waals surface area contributed by atoms with Crippen molar-refractivity contribution in [3.8, 4) is 0 Å². The molecule has 0 aromatic heterocycles. The number of methoxy groups -OCH3 is 3. The number of hydrogen-bond acceptors (Lipinski definition) is 12. The van der Waals surface area contributed by atoms with Crippen LogP contribution in [0.1, 0.15) is 40.0 Å². The quantitative estimate of drug-likeness (QED) is 0.157. The summed E-state index contributed by atoms with van der Waals surface area (Å²) in [6.45, 7) is 5.82. The first-order valence-electron chi connectivity index (χ1n) is 9.83. The minimum absolute atomic E-state index is 0.0290. The van der Waals surface area contributed by atoms with Gasteiger partial charge in [-0.15, -0.1) is 0 Å². The fourth-order valence-corrected chi connectivity index (χ4v) is 1.47. The molecule has 0 saturated heterocycles. The highest BCUT2D eigenvalue weighted by Gasteiger charge is 2.08. The Morgan fingerprint density at radius 3 is 1.69 bits per heavy atom. The summed E-state index contributed by atoms with van der Waals surface area (Å²) in [6.07, 6.45) is -0.102. The minimum Gasteiger partial charge on any atom is -0.466 e. The number of rotatable bonds is 14. The van der Waals surface area contributed by atoms with Gasteiger partial charge in [0, 0.05) is 34.2 Å². The van der Waals surface area contributed by atoms with E-state index in [0.717, 1.165) is 0 Å². The maximum absolute atomic E-state index is 10.7. The van der Waals surface area contributed by atoms with Crippen molar-refractivity contribution in [2.45, 2.75) is 40.0 Å². The molecule has 0 aliphatic rings. The molecule has 0 atom stereocenters. The number of ketones is 2. The molecule has 0 heterocycles. The van der Waals surface area contributed by atoms with Gasteiger partial charge in [0.1, 0.15) is 25.4 Å². The lowest BCUT2D eigenvalue weighted by atomic mass is 10.2. The second kappa shape index (κ2) is 26.5. The molecule has 0 amide bonds. The van der Waals surface area contributed by atoms with Crippen molar-refractivity contribution in [3.05, 3.63) is 0 Å². The molecule has 32 heavy (non-hydrogen) atoms. The summed E-state index contributed by atoms with van der Waals surface area (Å²) in [5.41, 5.74) is 0. The van der Waals surface area contributed by atoms with E-state index in [1.807, 2.05) is 0 Å². The zero-order chi connectivity index (χ0) is 25.2. The van der Waals surface area contributed by atoms with Crippen molar-refractivity contribution >= 4 is 29.7 Å². The molecule has 0 aromatic carbocycles. The average molecular weight is 468 g/mol. The minimum atomic E-state index is -0.695. The molecular weight excluding hydrogens is 432 g/mol. The second-order valence-corrected chi connectivity index (χ2v) is 5.48. The van der Waals surface area contributed by atoms with Crippen molar-refractivity contribution in [1.82, 2.24) is 0 Å². The lowest BCUT2D eigenvalue weighted by Gasteiger charge is -2.01. The molecule has 12 nitrogen and oxygen atoms in total. The van der Waals surface area contributed by atoms with Gasteiger partial charge >= 0.3 is 18.1 Å². The Labute approximate surface area is 188 Å². The van der Waals surface area contributed by atoms with Crippen molar-refractivity contribution < 1.29 is 57.1 Å². The molecule has 0 saturated carbocycles. The third-order valence-corrected chi connectivity index (χ3v) is 2.81. The van der Waals surface area contributed by atoms with Crippen LogP contribution in [0.5, 0.6) is 0 Å². The molecule has 0 bridgehead atoms. The summed E-state index contributed by atoms with van der Waals surface area (Å²) in [5.74, 6) is -1.08. The van der Waals surface area contributed by atoms with Gasteiger partial charge in [-0.25, -0.2) is 9.59 Å². The van der Waals surface area contributed by atoms with Gasteiger partial charge < -0.3 is 33.2 Å². The molecule has 0 fully saturated rings. The lowest BCUT2D eigenvalue weighted by molar-refractivity contribution is -0.149. The van der Waals surface area contributed by atoms with Crippen LogP contribution in [0.15, 0.2) is 0 Å². The first-order valence-corrected chi connectivity index (χ1v) is 9.83. The predicted molar refractivity (Wildman–Crippen MR) is 111 cm³/mol. The van der Waals surface area contributed by atoms with Crippen LogP contribution in [-0.2, 0) is 52.3 Å². The van der Waals surface area contributed by atoms with E-state index in [0.29, 0.717) is 26.1 Å². The molecule has 0 spiro atoms.